The molecule has 7 rings (SSSR count). The average molecular weight is 646 g/mol. The van der Waals surface area contributed by atoms with Gasteiger partial charge < -0.3 is 34.1 Å². The number of hydrogen-bond donors (Lipinski definition) is 2. The number of methoxy groups -OCH3 is 2. The Morgan fingerprint density at radius 1 is 1.06 bits per heavy atom. The standard InChI is InChI=1S/C35H43N5O7/c1-44-17-5-15-39-21-32(41)36-28-20-40(35(43)34-26-8-4-9-27(26)37-38-34)16-14-29(28)46-22-24-6-3-7-25(18-24)47-30-12-10-23(11-13-33(39)42)19-31(30)45-2/h3,6-7,10,12,18-19,28-29H,4-5,8-9,11,13-17,20-22H2,1-2H3,(H,36,41)(H,37,38)/t28-,29+/m0/s1. The summed E-state index contributed by atoms with van der Waals surface area (Å²) in [6.07, 6.45) is 4.19. The highest BCUT2D eigenvalue weighted by atomic mass is 16.5. The number of amides is 3. The minimum absolute atomic E-state index is 0.106. The number of rotatable bonds is 6. The van der Waals surface area contributed by atoms with E-state index in [1.807, 2.05) is 42.5 Å². The molecule has 1 saturated heterocycles. The lowest BCUT2D eigenvalue weighted by Gasteiger charge is -2.39. The van der Waals surface area contributed by atoms with E-state index in [-0.39, 0.29) is 49.9 Å². The monoisotopic (exact) mass is 645 g/mol. The molecular formula is C35H43N5O7. The predicted octanol–water partition coefficient (Wildman–Crippen LogP) is 3.43. The van der Waals surface area contributed by atoms with Crippen molar-refractivity contribution in [3.8, 4) is 17.2 Å². The number of carbonyl (C=O) groups is 3. The number of nitrogens with zero attached hydrogens (tertiary/aromatic N) is 3. The summed E-state index contributed by atoms with van der Waals surface area (Å²) < 4.78 is 23.5. The molecule has 4 aliphatic rings. The SMILES string of the molecule is COCCCN1CC(=O)N[C@H]2CN(C(=O)c3n[nH]c4c3CCC4)CC[C@H]2OCc2cccc(c2)Oc2ccc(cc2OC)CCC1=O. The number of nitrogens with one attached hydrogen (secondary N) is 2. The minimum Gasteiger partial charge on any atom is -0.493 e. The second kappa shape index (κ2) is 15.0. The van der Waals surface area contributed by atoms with Crippen LogP contribution in [0.25, 0.3) is 0 Å². The third kappa shape index (κ3) is 7.77. The molecule has 1 aromatic heterocycles. The van der Waals surface area contributed by atoms with Crippen LogP contribution >= 0.6 is 0 Å². The highest BCUT2D eigenvalue weighted by molar-refractivity contribution is 5.94. The molecule has 47 heavy (non-hydrogen) atoms. The van der Waals surface area contributed by atoms with Gasteiger partial charge in [-0.2, -0.15) is 5.10 Å². The molecule has 3 aliphatic heterocycles. The van der Waals surface area contributed by atoms with Crippen LogP contribution < -0.4 is 14.8 Å². The van der Waals surface area contributed by atoms with E-state index in [9.17, 15) is 14.4 Å². The average Bonchev–Trinajstić information content (AvgIpc) is 3.71. The summed E-state index contributed by atoms with van der Waals surface area (Å²) in [6.45, 7) is 1.77. The fraction of sp³-hybridized carbons (Fsp3) is 0.486. The van der Waals surface area contributed by atoms with Gasteiger partial charge in [0, 0.05) is 51.0 Å². The van der Waals surface area contributed by atoms with Gasteiger partial charge in [0.1, 0.15) is 5.75 Å². The van der Waals surface area contributed by atoms with Crippen LogP contribution in [0.5, 0.6) is 17.2 Å². The van der Waals surface area contributed by atoms with Gasteiger partial charge in [0.05, 0.1) is 32.4 Å². The van der Waals surface area contributed by atoms with Crippen molar-refractivity contribution in [1.82, 2.24) is 25.3 Å². The van der Waals surface area contributed by atoms with Gasteiger partial charge in [-0.15, -0.1) is 0 Å². The third-order valence-corrected chi connectivity index (χ3v) is 9.10. The fourth-order valence-electron chi connectivity index (χ4n) is 6.61. The van der Waals surface area contributed by atoms with Gasteiger partial charge >= 0.3 is 0 Å². The van der Waals surface area contributed by atoms with Crippen LogP contribution in [0.2, 0.25) is 0 Å². The zero-order valence-corrected chi connectivity index (χ0v) is 27.1. The summed E-state index contributed by atoms with van der Waals surface area (Å²) >= 11 is 0. The van der Waals surface area contributed by atoms with Gasteiger partial charge in [-0.1, -0.05) is 18.2 Å². The molecule has 250 valence electrons. The van der Waals surface area contributed by atoms with E-state index < -0.39 is 6.04 Å². The molecule has 3 aromatic rings. The number of fused-ring (bicyclic) bond motifs is 10. The number of carbonyl (C=O) groups excluding carboxylic acids is 3. The number of benzene rings is 2. The topological polar surface area (TPSA) is 135 Å². The van der Waals surface area contributed by atoms with Crippen molar-refractivity contribution in [2.45, 2.75) is 63.7 Å². The second-order valence-corrected chi connectivity index (χ2v) is 12.3. The zero-order valence-electron chi connectivity index (χ0n) is 27.1. The Labute approximate surface area is 274 Å². The molecule has 4 bridgehead atoms. The number of piperidine rings is 1. The predicted molar refractivity (Wildman–Crippen MR) is 173 cm³/mol. The molecular weight excluding hydrogens is 602 g/mol. The van der Waals surface area contributed by atoms with Gasteiger partial charge in [0.25, 0.3) is 5.91 Å². The highest BCUT2D eigenvalue weighted by Gasteiger charge is 2.36. The molecule has 2 N–H and O–H groups in total. The highest BCUT2D eigenvalue weighted by Crippen LogP contribution is 2.33. The number of aromatic nitrogens is 2. The first kappa shape index (κ1) is 32.5. The first-order valence-electron chi connectivity index (χ1n) is 16.4. The van der Waals surface area contributed by atoms with Crippen LogP contribution in [0.3, 0.4) is 0 Å². The Balaban J connectivity index is 1.25. The third-order valence-electron chi connectivity index (χ3n) is 9.10. The molecule has 0 unspecified atom stereocenters. The molecule has 12 nitrogen and oxygen atoms in total. The molecule has 1 aliphatic carbocycles. The van der Waals surface area contributed by atoms with Crippen molar-refractivity contribution in [1.29, 1.82) is 0 Å². The normalized spacial score (nSPS) is 20.4. The quantitative estimate of drug-likeness (QED) is 0.390. The van der Waals surface area contributed by atoms with Gasteiger partial charge in [-0.3, -0.25) is 19.5 Å². The lowest BCUT2D eigenvalue weighted by atomic mass is 10.0. The van der Waals surface area contributed by atoms with E-state index in [0.717, 1.165) is 41.6 Å². The smallest absolute Gasteiger partial charge is 0.274 e. The van der Waals surface area contributed by atoms with E-state index in [0.29, 0.717) is 61.9 Å². The summed E-state index contributed by atoms with van der Waals surface area (Å²) in [5.74, 6) is 1.18. The molecule has 2 aromatic carbocycles. The maximum absolute atomic E-state index is 13.6. The van der Waals surface area contributed by atoms with E-state index >= 15 is 0 Å². The maximum atomic E-state index is 13.6. The number of aryl methyl sites for hydroxylation is 2. The molecule has 12 heteroatoms. The second-order valence-electron chi connectivity index (χ2n) is 12.3. The van der Waals surface area contributed by atoms with E-state index in [2.05, 4.69) is 15.5 Å². The lowest BCUT2D eigenvalue weighted by Crippen LogP contribution is -2.58. The van der Waals surface area contributed by atoms with Gasteiger partial charge in [-0.05, 0) is 73.9 Å². The largest absolute Gasteiger partial charge is 0.493 e. The van der Waals surface area contributed by atoms with Crippen LogP contribution in [0.4, 0.5) is 0 Å². The summed E-state index contributed by atoms with van der Waals surface area (Å²) in [7, 11) is 3.20. The number of H-pyrrole nitrogens is 1. The fourth-order valence-corrected chi connectivity index (χ4v) is 6.61. The Morgan fingerprint density at radius 3 is 2.81 bits per heavy atom. The molecule has 1 fully saturated rings. The Hall–Kier alpha value is -4.42. The van der Waals surface area contributed by atoms with Gasteiger partial charge in [0.2, 0.25) is 11.8 Å². The summed E-state index contributed by atoms with van der Waals surface area (Å²) in [5, 5.41) is 10.5. The molecule has 3 amide bonds. The number of ether oxygens (including phenoxy) is 4. The van der Waals surface area contributed by atoms with Crippen molar-refractivity contribution in [2.24, 2.45) is 0 Å². The van der Waals surface area contributed by atoms with Crippen molar-refractivity contribution in [3.05, 3.63) is 70.5 Å². The first-order valence-corrected chi connectivity index (χ1v) is 16.4. The Kier molecular flexibility index (Phi) is 10.4. The van der Waals surface area contributed by atoms with Gasteiger partial charge in [-0.25, -0.2) is 0 Å². The molecule has 4 heterocycles. The maximum Gasteiger partial charge on any atom is 0.274 e. The van der Waals surface area contributed by atoms with Gasteiger partial charge in [0.15, 0.2) is 17.2 Å². The Morgan fingerprint density at radius 2 is 1.96 bits per heavy atom. The minimum atomic E-state index is -0.482. The van der Waals surface area contributed by atoms with Crippen molar-refractivity contribution in [2.75, 3.05) is 47.0 Å². The van der Waals surface area contributed by atoms with Crippen molar-refractivity contribution < 1.29 is 33.3 Å². The van der Waals surface area contributed by atoms with Crippen LogP contribution in [-0.4, -0.2) is 96.9 Å². The number of likely N-dealkylation sites (tertiary alicyclic amines) is 1. The van der Waals surface area contributed by atoms with E-state index in [1.165, 1.54) is 0 Å². The summed E-state index contributed by atoms with van der Waals surface area (Å²) in [6, 6.07) is 12.8. The summed E-state index contributed by atoms with van der Waals surface area (Å²) in [5.41, 5.74) is 4.32. The van der Waals surface area contributed by atoms with Crippen molar-refractivity contribution in [3.63, 3.8) is 0 Å². The lowest BCUT2D eigenvalue weighted by molar-refractivity contribution is -0.137. The Bertz CT molecular complexity index is 1590. The first-order chi connectivity index (χ1) is 22.9. The van der Waals surface area contributed by atoms with Crippen molar-refractivity contribution >= 4 is 17.7 Å². The van der Waals surface area contributed by atoms with E-state index in [4.69, 9.17) is 18.9 Å². The number of hydrogen-bond acceptors (Lipinski definition) is 8. The summed E-state index contributed by atoms with van der Waals surface area (Å²) in [4.78, 5) is 44.1. The van der Waals surface area contributed by atoms with Crippen LogP contribution in [0.15, 0.2) is 42.5 Å². The zero-order chi connectivity index (χ0) is 32.8. The van der Waals surface area contributed by atoms with Crippen LogP contribution in [0, 0.1) is 0 Å². The molecule has 0 saturated carbocycles. The van der Waals surface area contributed by atoms with Crippen LogP contribution in [0.1, 0.15) is 58.6 Å². The van der Waals surface area contributed by atoms with E-state index in [1.54, 1.807) is 24.0 Å². The molecule has 0 radical (unpaired) electrons. The molecule has 0 spiro atoms. The van der Waals surface area contributed by atoms with Crippen LogP contribution in [-0.2, 0) is 44.9 Å². The molecule has 2 atom stereocenters. The number of aromatic amines is 1.